The van der Waals surface area contributed by atoms with Gasteiger partial charge in [-0.05, 0) is 77.5 Å². The highest BCUT2D eigenvalue weighted by Gasteiger charge is 2.20. The van der Waals surface area contributed by atoms with Crippen molar-refractivity contribution in [3.8, 4) is 0 Å². The lowest BCUT2D eigenvalue weighted by Gasteiger charge is -2.33. The number of hydrogen-bond donors (Lipinski definition) is 1. The number of rotatable bonds is 8. The molecule has 2 heteroatoms. The molecule has 0 aromatic heterocycles. The van der Waals surface area contributed by atoms with Gasteiger partial charge in [0, 0.05) is 6.04 Å². The zero-order chi connectivity index (χ0) is 12.5. The third kappa shape index (κ3) is 6.42. The Labute approximate surface area is 108 Å². The van der Waals surface area contributed by atoms with Gasteiger partial charge in [0.2, 0.25) is 0 Å². The van der Waals surface area contributed by atoms with Crippen LogP contribution in [0.1, 0.15) is 58.8 Å². The molecule has 1 aliphatic rings. The Bertz CT molecular complexity index is 174. The van der Waals surface area contributed by atoms with Crippen LogP contribution in [-0.4, -0.2) is 37.6 Å². The number of nitrogens with one attached hydrogen (secondary N) is 1. The topological polar surface area (TPSA) is 15.3 Å². The SMILES string of the molecule is CCCNCCCCN(C)C1CCC(C)CC1. The third-order valence-electron chi connectivity index (χ3n) is 4.15. The predicted octanol–water partition coefficient (Wildman–Crippen LogP) is 3.28. The minimum absolute atomic E-state index is 0.870. The van der Waals surface area contributed by atoms with Gasteiger partial charge in [0.1, 0.15) is 0 Å². The second kappa shape index (κ2) is 8.93. The van der Waals surface area contributed by atoms with Gasteiger partial charge in [-0.25, -0.2) is 0 Å². The molecule has 0 spiro atoms. The van der Waals surface area contributed by atoms with Gasteiger partial charge in [0.05, 0.1) is 0 Å². The monoisotopic (exact) mass is 240 g/mol. The van der Waals surface area contributed by atoms with Gasteiger partial charge in [-0.15, -0.1) is 0 Å². The second-order valence-corrected chi connectivity index (χ2v) is 5.85. The molecule has 2 nitrogen and oxygen atoms in total. The Hall–Kier alpha value is -0.0800. The van der Waals surface area contributed by atoms with Crippen molar-refractivity contribution in [1.29, 1.82) is 0 Å². The molecule has 0 aromatic carbocycles. The molecule has 0 aromatic rings. The number of hydrogen-bond acceptors (Lipinski definition) is 2. The van der Waals surface area contributed by atoms with Crippen LogP contribution in [0.5, 0.6) is 0 Å². The van der Waals surface area contributed by atoms with Crippen LogP contribution in [0.4, 0.5) is 0 Å². The predicted molar refractivity (Wildman–Crippen MR) is 76.4 cm³/mol. The van der Waals surface area contributed by atoms with Gasteiger partial charge in [-0.1, -0.05) is 13.8 Å². The molecular formula is C15H32N2. The molecule has 17 heavy (non-hydrogen) atoms. The van der Waals surface area contributed by atoms with Crippen LogP contribution in [0, 0.1) is 5.92 Å². The first kappa shape index (κ1) is 15.0. The molecule has 1 N–H and O–H groups in total. The van der Waals surface area contributed by atoms with Crippen LogP contribution >= 0.6 is 0 Å². The van der Waals surface area contributed by atoms with E-state index < -0.39 is 0 Å². The van der Waals surface area contributed by atoms with E-state index in [1.165, 1.54) is 64.6 Å². The summed E-state index contributed by atoms with van der Waals surface area (Å²) in [7, 11) is 2.32. The van der Waals surface area contributed by atoms with Gasteiger partial charge >= 0.3 is 0 Å². The average Bonchev–Trinajstić information content (AvgIpc) is 2.34. The van der Waals surface area contributed by atoms with Gasteiger partial charge in [0.15, 0.2) is 0 Å². The smallest absolute Gasteiger partial charge is 0.00924 e. The highest BCUT2D eigenvalue weighted by atomic mass is 15.1. The fraction of sp³-hybridized carbons (Fsp3) is 1.00. The fourth-order valence-electron chi connectivity index (χ4n) is 2.78. The van der Waals surface area contributed by atoms with Crippen LogP contribution in [0.2, 0.25) is 0 Å². The average molecular weight is 240 g/mol. The molecule has 0 unspecified atom stereocenters. The summed E-state index contributed by atoms with van der Waals surface area (Å²) in [6.45, 7) is 8.28. The van der Waals surface area contributed by atoms with Gasteiger partial charge in [-0.3, -0.25) is 0 Å². The quantitative estimate of drug-likeness (QED) is 0.655. The molecule has 1 aliphatic carbocycles. The standard InChI is InChI=1S/C15H32N2/c1-4-11-16-12-5-6-13-17(3)15-9-7-14(2)8-10-15/h14-16H,4-13H2,1-3H3. The summed E-state index contributed by atoms with van der Waals surface area (Å²) in [4.78, 5) is 2.60. The Balaban J connectivity index is 1.99. The summed E-state index contributed by atoms with van der Waals surface area (Å²) < 4.78 is 0. The molecule has 0 saturated heterocycles. The molecule has 0 heterocycles. The molecule has 0 aliphatic heterocycles. The number of nitrogens with zero attached hydrogens (tertiary/aromatic N) is 1. The lowest BCUT2D eigenvalue weighted by Crippen LogP contribution is -2.35. The van der Waals surface area contributed by atoms with Crippen LogP contribution in [0.15, 0.2) is 0 Å². The largest absolute Gasteiger partial charge is 0.317 e. The molecule has 102 valence electrons. The van der Waals surface area contributed by atoms with Crippen molar-refractivity contribution in [2.75, 3.05) is 26.7 Å². The van der Waals surface area contributed by atoms with E-state index in [0.717, 1.165) is 12.0 Å². The maximum Gasteiger partial charge on any atom is 0.00924 e. The fourth-order valence-corrected chi connectivity index (χ4v) is 2.78. The highest BCUT2D eigenvalue weighted by Crippen LogP contribution is 2.26. The highest BCUT2D eigenvalue weighted by molar-refractivity contribution is 4.76. The van der Waals surface area contributed by atoms with Crippen LogP contribution < -0.4 is 5.32 Å². The van der Waals surface area contributed by atoms with E-state index in [-0.39, 0.29) is 0 Å². The molecule has 1 fully saturated rings. The van der Waals surface area contributed by atoms with E-state index in [0.29, 0.717) is 0 Å². The normalized spacial score (nSPS) is 25.4. The first-order valence-corrected chi connectivity index (χ1v) is 7.65. The molecule has 0 radical (unpaired) electrons. The summed E-state index contributed by atoms with van der Waals surface area (Å²) in [5.74, 6) is 0.970. The van der Waals surface area contributed by atoms with Crippen molar-refractivity contribution in [1.82, 2.24) is 10.2 Å². The van der Waals surface area contributed by atoms with E-state index in [4.69, 9.17) is 0 Å². The molecular weight excluding hydrogens is 208 g/mol. The molecule has 0 atom stereocenters. The summed E-state index contributed by atoms with van der Waals surface area (Å²) in [5.41, 5.74) is 0. The minimum Gasteiger partial charge on any atom is -0.317 e. The van der Waals surface area contributed by atoms with Crippen LogP contribution in [0.25, 0.3) is 0 Å². The van der Waals surface area contributed by atoms with Crippen molar-refractivity contribution in [3.63, 3.8) is 0 Å². The van der Waals surface area contributed by atoms with E-state index in [1.54, 1.807) is 0 Å². The summed E-state index contributed by atoms with van der Waals surface area (Å²) in [6, 6.07) is 0.870. The third-order valence-corrected chi connectivity index (χ3v) is 4.15. The Morgan fingerprint density at radius 2 is 1.76 bits per heavy atom. The van der Waals surface area contributed by atoms with E-state index in [2.05, 4.69) is 31.1 Å². The van der Waals surface area contributed by atoms with Crippen LogP contribution in [0.3, 0.4) is 0 Å². The molecule has 1 rings (SSSR count). The van der Waals surface area contributed by atoms with Gasteiger partial charge < -0.3 is 10.2 Å². The van der Waals surface area contributed by atoms with Crippen molar-refractivity contribution < 1.29 is 0 Å². The lowest BCUT2D eigenvalue weighted by atomic mass is 9.87. The van der Waals surface area contributed by atoms with E-state index in [1.807, 2.05) is 0 Å². The first-order chi connectivity index (χ1) is 8.24. The van der Waals surface area contributed by atoms with Crippen molar-refractivity contribution in [2.24, 2.45) is 5.92 Å². The first-order valence-electron chi connectivity index (χ1n) is 7.65. The molecule has 1 saturated carbocycles. The molecule has 0 bridgehead atoms. The van der Waals surface area contributed by atoms with Crippen molar-refractivity contribution >= 4 is 0 Å². The summed E-state index contributed by atoms with van der Waals surface area (Å²) >= 11 is 0. The van der Waals surface area contributed by atoms with Crippen molar-refractivity contribution in [3.05, 3.63) is 0 Å². The maximum absolute atomic E-state index is 3.48. The summed E-state index contributed by atoms with van der Waals surface area (Å²) in [5, 5.41) is 3.48. The van der Waals surface area contributed by atoms with Gasteiger partial charge in [-0.2, -0.15) is 0 Å². The Morgan fingerprint density at radius 1 is 1.06 bits per heavy atom. The van der Waals surface area contributed by atoms with E-state index >= 15 is 0 Å². The van der Waals surface area contributed by atoms with E-state index in [9.17, 15) is 0 Å². The zero-order valence-corrected chi connectivity index (χ0v) is 12.2. The zero-order valence-electron chi connectivity index (χ0n) is 12.2. The van der Waals surface area contributed by atoms with Gasteiger partial charge in [0.25, 0.3) is 0 Å². The lowest BCUT2D eigenvalue weighted by molar-refractivity contribution is 0.168. The minimum atomic E-state index is 0.870. The maximum atomic E-state index is 3.48. The second-order valence-electron chi connectivity index (χ2n) is 5.85. The molecule has 0 amide bonds. The van der Waals surface area contributed by atoms with Crippen molar-refractivity contribution in [2.45, 2.75) is 64.8 Å². The van der Waals surface area contributed by atoms with Crippen LogP contribution in [-0.2, 0) is 0 Å². The summed E-state index contributed by atoms with van der Waals surface area (Å²) in [6.07, 6.45) is 9.64. The number of unbranched alkanes of at least 4 members (excludes halogenated alkanes) is 1. The Morgan fingerprint density at radius 3 is 2.41 bits per heavy atom. The Kier molecular flexibility index (Phi) is 7.87.